The van der Waals surface area contributed by atoms with Crippen molar-refractivity contribution in [3.8, 4) is 0 Å². The molecule has 1 rings (SSSR count). The summed E-state index contributed by atoms with van der Waals surface area (Å²) in [6.07, 6.45) is 1.78. The lowest BCUT2D eigenvalue weighted by atomic mass is 10.2. The first kappa shape index (κ1) is 9.48. The molecule has 1 saturated carbocycles. The van der Waals surface area contributed by atoms with Crippen molar-refractivity contribution in [2.45, 2.75) is 31.9 Å². The standard InChI is InChI=1S/C8H16N2O2/c1-5(9)8(12)10-4-7(11)6-2-3-6/h5-7,11H,2-4,9H2,1H3,(H,10,12)/t5-,7?/m1/s1. The van der Waals surface area contributed by atoms with Gasteiger partial charge in [0, 0.05) is 6.54 Å². The summed E-state index contributed by atoms with van der Waals surface area (Å²) in [7, 11) is 0. The summed E-state index contributed by atoms with van der Waals surface area (Å²) in [5.74, 6) is 0.202. The van der Waals surface area contributed by atoms with E-state index in [1.807, 2.05) is 0 Å². The number of nitrogens with one attached hydrogen (secondary N) is 1. The molecule has 1 fully saturated rings. The zero-order chi connectivity index (χ0) is 9.14. The van der Waals surface area contributed by atoms with Crippen LogP contribution in [0.15, 0.2) is 0 Å². The average molecular weight is 172 g/mol. The second-order valence-electron chi connectivity index (χ2n) is 3.44. The number of hydrogen-bond donors (Lipinski definition) is 3. The fourth-order valence-corrected chi connectivity index (χ4v) is 1.01. The van der Waals surface area contributed by atoms with E-state index in [9.17, 15) is 9.90 Å². The predicted octanol–water partition coefficient (Wildman–Crippen LogP) is -0.779. The molecule has 0 saturated heterocycles. The Morgan fingerprint density at radius 3 is 2.75 bits per heavy atom. The molecule has 1 aliphatic rings. The number of carbonyl (C=O) groups is 1. The first-order chi connectivity index (χ1) is 5.61. The quantitative estimate of drug-likeness (QED) is 0.520. The van der Waals surface area contributed by atoms with Crippen molar-refractivity contribution in [1.82, 2.24) is 5.32 Å². The van der Waals surface area contributed by atoms with Crippen molar-refractivity contribution in [3.63, 3.8) is 0 Å². The highest BCUT2D eigenvalue weighted by Gasteiger charge is 2.29. The highest BCUT2D eigenvalue weighted by Crippen LogP contribution is 2.32. The number of hydrogen-bond acceptors (Lipinski definition) is 3. The van der Waals surface area contributed by atoms with Gasteiger partial charge in [0.05, 0.1) is 12.1 Å². The number of nitrogens with two attached hydrogens (primary N) is 1. The highest BCUT2D eigenvalue weighted by molar-refractivity contribution is 5.80. The third kappa shape index (κ3) is 2.79. The number of carbonyl (C=O) groups excluding carboxylic acids is 1. The van der Waals surface area contributed by atoms with Crippen LogP contribution in [0.1, 0.15) is 19.8 Å². The maximum Gasteiger partial charge on any atom is 0.236 e. The number of aliphatic hydroxyl groups excluding tert-OH is 1. The fourth-order valence-electron chi connectivity index (χ4n) is 1.01. The van der Waals surface area contributed by atoms with Gasteiger partial charge in [0.15, 0.2) is 0 Å². The molecule has 1 amide bonds. The van der Waals surface area contributed by atoms with Crippen LogP contribution in [0.3, 0.4) is 0 Å². The van der Waals surface area contributed by atoms with E-state index in [0.717, 1.165) is 12.8 Å². The van der Waals surface area contributed by atoms with Gasteiger partial charge in [-0.2, -0.15) is 0 Å². The summed E-state index contributed by atoms with van der Waals surface area (Å²) >= 11 is 0. The smallest absolute Gasteiger partial charge is 0.236 e. The van der Waals surface area contributed by atoms with Crippen LogP contribution in [-0.4, -0.2) is 29.7 Å². The summed E-state index contributed by atoms with van der Waals surface area (Å²) in [6, 6.07) is -0.489. The van der Waals surface area contributed by atoms with E-state index >= 15 is 0 Å². The monoisotopic (exact) mass is 172 g/mol. The van der Waals surface area contributed by atoms with Crippen molar-refractivity contribution < 1.29 is 9.90 Å². The van der Waals surface area contributed by atoms with Crippen molar-refractivity contribution >= 4 is 5.91 Å². The Kier molecular flexibility index (Phi) is 3.05. The van der Waals surface area contributed by atoms with Crippen molar-refractivity contribution in [3.05, 3.63) is 0 Å². The molecule has 0 aromatic heterocycles. The van der Waals surface area contributed by atoms with E-state index in [0.29, 0.717) is 12.5 Å². The highest BCUT2D eigenvalue weighted by atomic mass is 16.3. The van der Waals surface area contributed by atoms with Gasteiger partial charge >= 0.3 is 0 Å². The summed E-state index contributed by atoms with van der Waals surface area (Å²) in [5.41, 5.74) is 5.32. The minimum Gasteiger partial charge on any atom is -0.391 e. The lowest BCUT2D eigenvalue weighted by Crippen LogP contribution is -2.42. The Bertz CT molecular complexity index is 166. The first-order valence-electron chi connectivity index (χ1n) is 4.32. The second-order valence-corrected chi connectivity index (χ2v) is 3.44. The Labute approximate surface area is 72.1 Å². The Morgan fingerprint density at radius 2 is 2.33 bits per heavy atom. The van der Waals surface area contributed by atoms with E-state index in [2.05, 4.69) is 5.32 Å². The lowest BCUT2D eigenvalue weighted by molar-refractivity contribution is -0.122. The maximum absolute atomic E-state index is 10.9. The maximum atomic E-state index is 10.9. The van der Waals surface area contributed by atoms with Gasteiger partial charge in [0.2, 0.25) is 5.91 Å². The van der Waals surface area contributed by atoms with E-state index in [1.54, 1.807) is 6.92 Å². The SMILES string of the molecule is C[C@@H](N)C(=O)NCC(O)C1CC1. The van der Waals surface area contributed by atoms with Gasteiger partial charge in [-0.3, -0.25) is 4.79 Å². The number of amides is 1. The Morgan fingerprint density at radius 1 is 1.75 bits per heavy atom. The van der Waals surface area contributed by atoms with Gasteiger partial charge in [-0.15, -0.1) is 0 Å². The molecule has 4 nitrogen and oxygen atoms in total. The van der Waals surface area contributed by atoms with Gasteiger partial charge in [-0.05, 0) is 25.7 Å². The molecule has 0 spiro atoms. The summed E-state index contributed by atoms with van der Waals surface area (Å²) in [5, 5.41) is 12.0. The van der Waals surface area contributed by atoms with Gasteiger partial charge < -0.3 is 16.2 Å². The molecule has 0 aromatic rings. The van der Waals surface area contributed by atoms with Gasteiger partial charge in [0.1, 0.15) is 0 Å². The van der Waals surface area contributed by atoms with Crippen LogP contribution in [-0.2, 0) is 4.79 Å². The van der Waals surface area contributed by atoms with Crippen LogP contribution in [0.4, 0.5) is 0 Å². The molecule has 2 atom stereocenters. The molecule has 70 valence electrons. The van der Waals surface area contributed by atoms with Crippen LogP contribution in [0, 0.1) is 5.92 Å². The first-order valence-corrected chi connectivity index (χ1v) is 4.32. The summed E-state index contributed by atoms with van der Waals surface area (Å²) < 4.78 is 0. The molecule has 0 aromatic carbocycles. The molecule has 0 aliphatic heterocycles. The zero-order valence-corrected chi connectivity index (χ0v) is 7.29. The normalized spacial score (nSPS) is 21.6. The van der Waals surface area contributed by atoms with Crippen molar-refractivity contribution in [2.24, 2.45) is 11.7 Å². The van der Waals surface area contributed by atoms with Gasteiger partial charge in [-0.1, -0.05) is 0 Å². The largest absolute Gasteiger partial charge is 0.391 e. The van der Waals surface area contributed by atoms with E-state index in [1.165, 1.54) is 0 Å². The molecule has 4 N–H and O–H groups in total. The molecule has 4 heteroatoms. The summed E-state index contributed by atoms with van der Waals surface area (Å²) in [6.45, 7) is 1.96. The van der Waals surface area contributed by atoms with Crippen molar-refractivity contribution in [1.29, 1.82) is 0 Å². The van der Waals surface area contributed by atoms with Crippen LogP contribution >= 0.6 is 0 Å². The minimum absolute atomic E-state index is 0.199. The molecule has 1 unspecified atom stereocenters. The molecule has 0 bridgehead atoms. The third-order valence-corrected chi connectivity index (χ3v) is 2.07. The van der Waals surface area contributed by atoms with Gasteiger partial charge in [-0.25, -0.2) is 0 Å². The van der Waals surface area contributed by atoms with E-state index in [4.69, 9.17) is 5.73 Å². The van der Waals surface area contributed by atoms with Crippen LogP contribution in [0.2, 0.25) is 0 Å². The Balaban J connectivity index is 2.11. The predicted molar refractivity (Wildman–Crippen MR) is 45.4 cm³/mol. The third-order valence-electron chi connectivity index (χ3n) is 2.07. The molecule has 12 heavy (non-hydrogen) atoms. The van der Waals surface area contributed by atoms with Crippen LogP contribution in [0.25, 0.3) is 0 Å². The van der Waals surface area contributed by atoms with E-state index < -0.39 is 6.04 Å². The summed E-state index contributed by atoms with van der Waals surface area (Å²) in [4.78, 5) is 10.9. The average Bonchev–Trinajstić information content (AvgIpc) is 2.81. The zero-order valence-electron chi connectivity index (χ0n) is 7.29. The Hall–Kier alpha value is -0.610. The van der Waals surface area contributed by atoms with Crippen molar-refractivity contribution in [2.75, 3.05) is 6.54 Å². The number of rotatable bonds is 4. The van der Waals surface area contributed by atoms with Gasteiger partial charge in [0.25, 0.3) is 0 Å². The van der Waals surface area contributed by atoms with E-state index in [-0.39, 0.29) is 12.0 Å². The molecular weight excluding hydrogens is 156 g/mol. The molecular formula is C8H16N2O2. The molecule has 0 radical (unpaired) electrons. The second kappa shape index (κ2) is 3.87. The lowest BCUT2D eigenvalue weighted by Gasteiger charge is -2.11. The van der Waals surface area contributed by atoms with Crippen LogP contribution < -0.4 is 11.1 Å². The molecule has 0 heterocycles. The number of aliphatic hydroxyl groups is 1. The topological polar surface area (TPSA) is 75.4 Å². The molecule has 1 aliphatic carbocycles. The minimum atomic E-state index is -0.489. The fraction of sp³-hybridized carbons (Fsp3) is 0.875. The van der Waals surface area contributed by atoms with Crippen LogP contribution in [0.5, 0.6) is 0 Å².